The van der Waals surface area contributed by atoms with Gasteiger partial charge in [-0.3, -0.25) is 9.59 Å². The largest absolute Gasteiger partial charge is 0.447 e. The number of fused-ring (bicyclic) bond motifs is 1. The molecule has 8 heteroatoms. The predicted octanol–water partition coefficient (Wildman–Crippen LogP) is 6.49. The standard InChI is InChI=1S/C30H38NO5PSi/c1-7-38(8-2,9-3)36-20(6)26-27-18(4)25(28(30(34)35-37)31(27)29(26)33)24-16-14-23(15-17-24)22-12-10-21(11-13-22)19(5)32/h10-18,20,26-27H,7-9,37H2,1-6H3/t18-,20+,26+,27+/m0/s1. The van der Waals surface area contributed by atoms with Crippen LogP contribution in [-0.2, 0) is 18.5 Å². The summed E-state index contributed by atoms with van der Waals surface area (Å²) in [6, 6.07) is 18.4. The first-order valence-electron chi connectivity index (χ1n) is 13.5. The summed E-state index contributed by atoms with van der Waals surface area (Å²) in [6.07, 6.45) is -0.203. The molecule has 2 aromatic rings. The average Bonchev–Trinajstić information content (AvgIpc) is 3.19. The van der Waals surface area contributed by atoms with E-state index in [1.54, 1.807) is 11.8 Å². The lowest BCUT2D eigenvalue weighted by atomic mass is 9.77. The van der Waals surface area contributed by atoms with Gasteiger partial charge >= 0.3 is 5.97 Å². The number of hydrogen-bond donors (Lipinski definition) is 0. The van der Waals surface area contributed by atoms with Gasteiger partial charge in [-0.25, -0.2) is 4.79 Å². The van der Waals surface area contributed by atoms with Gasteiger partial charge in [-0.15, -0.1) is 0 Å². The molecule has 1 saturated heterocycles. The quantitative estimate of drug-likeness (QED) is 0.146. The zero-order valence-corrected chi connectivity index (χ0v) is 25.3. The highest BCUT2D eigenvalue weighted by molar-refractivity contribution is 7.10. The van der Waals surface area contributed by atoms with E-state index in [2.05, 4.69) is 27.7 Å². The van der Waals surface area contributed by atoms with E-state index in [9.17, 15) is 14.4 Å². The highest BCUT2D eigenvalue weighted by atomic mass is 31.0. The third-order valence-corrected chi connectivity index (χ3v) is 13.6. The lowest BCUT2D eigenvalue weighted by molar-refractivity contribution is -0.161. The van der Waals surface area contributed by atoms with E-state index in [0.29, 0.717) is 11.3 Å². The number of Topliss-reactive ketones (excluding diaryl/α,β-unsaturated/α-hetero) is 1. The minimum absolute atomic E-state index is 0.0341. The molecule has 4 rings (SSSR count). The smallest absolute Gasteiger partial charge is 0.357 e. The Morgan fingerprint density at radius 2 is 1.45 bits per heavy atom. The van der Waals surface area contributed by atoms with Crippen LogP contribution in [0.5, 0.6) is 0 Å². The molecule has 1 fully saturated rings. The van der Waals surface area contributed by atoms with Crippen LogP contribution in [0.25, 0.3) is 16.7 Å². The van der Waals surface area contributed by atoms with Crippen molar-refractivity contribution in [1.82, 2.24) is 4.90 Å². The molecule has 0 aromatic heterocycles. The minimum atomic E-state index is -1.89. The molecule has 0 N–H and O–H groups in total. The van der Waals surface area contributed by atoms with Crippen LogP contribution in [0.3, 0.4) is 0 Å². The first-order chi connectivity index (χ1) is 18.1. The molecule has 5 atom stereocenters. The second-order valence-corrected chi connectivity index (χ2v) is 15.4. The van der Waals surface area contributed by atoms with Gasteiger partial charge < -0.3 is 13.8 Å². The van der Waals surface area contributed by atoms with Crippen molar-refractivity contribution < 1.29 is 23.3 Å². The van der Waals surface area contributed by atoms with Gasteiger partial charge in [0.1, 0.15) is 5.70 Å². The van der Waals surface area contributed by atoms with Gasteiger partial charge in [-0.2, -0.15) is 0 Å². The molecule has 6 nitrogen and oxygen atoms in total. The maximum atomic E-state index is 13.5. The van der Waals surface area contributed by atoms with Crippen LogP contribution < -0.4 is 0 Å². The molecule has 38 heavy (non-hydrogen) atoms. The van der Waals surface area contributed by atoms with Gasteiger partial charge in [-0.05, 0) is 54.2 Å². The molecule has 0 spiro atoms. The maximum absolute atomic E-state index is 13.5. The van der Waals surface area contributed by atoms with Gasteiger partial charge in [0, 0.05) is 11.5 Å². The summed E-state index contributed by atoms with van der Waals surface area (Å²) in [5, 5.41) is 0. The minimum Gasteiger partial charge on any atom is -0.447 e. The summed E-state index contributed by atoms with van der Waals surface area (Å²) in [5.74, 6) is -0.895. The number of benzene rings is 2. The Balaban J connectivity index is 1.64. The van der Waals surface area contributed by atoms with Gasteiger partial charge in [-0.1, -0.05) is 76.2 Å². The Morgan fingerprint density at radius 3 is 1.92 bits per heavy atom. The molecule has 0 radical (unpaired) electrons. The summed E-state index contributed by atoms with van der Waals surface area (Å²) in [4.78, 5) is 39.7. The average molecular weight is 552 g/mol. The van der Waals surface area contributed by atoms with E-state index < -0.39 is 14.3 Å². The van der Waals surface area contributed by atoms with Crippen molar-refractivity contribution in [1.29, 1.82) is 0 Å². The van der Waals surface area contributed by atoms with Gasteiger partial charge in [0.2, 0.25) is 5.91 Å². The normalized spacial score (nSPS) is 21.7. The summed E-state index contributed by atoms with van der Waals surface area (Å²) in [6.45, 7) is 12.2. The number of rotatable bonds is 10. The second kappa shape index (κ2) is 11.2. The molecule has 202 valence electrons. The van der Waals surface area contributed by atoms with Crippen molar-refractivity contribution >= 4 is 41.0 Å². The Morgan fingerprint density at radius 1 is 0.947 bits per heavy atom. The number of hydrogen-bond acceptors (Lipinski definition) is 5. The van der Waals surface area contributed by atoms with Crippen LogP contribution in [0.4, 0.5) is 0 Å². The Labute approximate surface area is 229 Å². The second-order valence-electron chi connectivity index (χ2n) is 10.5. The van der Waals surface area contributed by atoms with Crippen LogP contribution in [0.1, 0.15) is 57.5 Å². The molecular weight excluding hydrogens is 513 g/mol. The van der Waals surface area contributed by atoms with E-state index >= 15 is 0 Å². The van der Waals surface area contributed by atoms with E-state index in [1.165, 1.54) is 0 Å². The molecular formula is C30H38NO5PSi. The highest BCUT2D eigenvalue weighted by Gasteiger charge is 2.61. The SMILES string of the molecule is CC[Si](CC)(CC)O[C@H](C)[C@H]1C(=O)N2C(C(=O)OP)=C(c3ccc(-c4ccc(C(C)=O)cc4)cc3)[C@H](C)[C@H]12. The van der Waals surface area contributed by atoms with Crippen LogP contribution in [0, 0.1) is 11.8 Å². The van der Waals surface area contributed by atoms with Crippen molar-refractivity contribution in [3.05, 3.63) is 65.4 Å². The summed E-state index contributed by atoms with van der Waals surface area (Å²) in [5.41, 5.74) is 4.73. The van der Waals surface area contributed by atoms with Gasteiger partial charge in [0.05, 0.1) is 27.5 Å². The number of nitrogens with zero attached hydrogens (tertiary/aromatic N) is 1. The van der Waals surface area contributed by atoms with E-state index in [4.69, 9.17) is 8.95 Å². The molecule has 2 heterocycles. The zero-order chi connectivity index (χ0) is 27.8. The van der Waals surface area contributed by atoms with E-state index in [0.717, 1.165) is 40.4 Å². The lowest BCUT2D eigenvalue weighted by Gasteiger charge is -2.49. The van der Waals surface area contributed by atoms with Crippen molar-refractivity contribution in [2.45, 2.75) is 71.8 Å². The summed E-state index contributed by atoms with van der Waals surface area (Å²) < 4.78 is 11.8. The predicted molar refractivity (Wildman–Crippen MR) is 156 cm³/mol. The Hall–Kier alpha value is -2.60. The van der Waals surface area contributed by atoms with Crippen LogP contribution >= 0.6 is 9.47 Å². The van der Waals surface area contributed by atoms with Crippen LogP contribution in [0.15, 0.2) is 54.2 Å². The zero-order valence-electron chi connectivity index (χ0n) is 23.1. The van der Waals surface area contributed by atoms with E-state index in [-0.39, 0.29) is 35.7 Å². The molecule has 0 saturated carbocycles. The fraction of sp³-hybridized carbons (Fsp3) is 0.433. The molecule has 0 aliphatic carbocycles. The fourth-order valence-electron chi connectivity index (χ4n) is 6.19. The number of amides is 1. The Bertz CT molecular complexity index is 1240. The van der Waals surface area contributed by atoms with Crippen LogP contribution in [-0.4, -0.2) is 43.0 Å². The lowest BCUT2D eigenvalue weighted by Crippen LogP contribution is -2.65. The van der Waals surface area contributed by atoms with Crippen LogP contribution in [0.2, 0.25) is 18.1 Å². The Kier molecular flexibility index (Phi) is 8.41. The third-order valence-electron chi connectivity index (χ3n) is 8.65. The van der Waals surface area contributed by atoms with Gasteiger partial charge in [0.15, 0.2) is 14.1 Å². The van der Waals surface area contributed by atoms with Crippen molar-refractivity contribution in [2.24, 2.45) is 11.8 Å². The number of carbonyl (C=O) groups excluding carboxylic acids is 3. The number of carbonyl (C=O) groups is 3. The van der Waals surface area contributed by atoms with Crippen molar-refractivity contribution in [3.8, 4) is 11.1 Å². The van der Waals surface area contributed by atoms with Gasteiger partial charge in [0.25, 0.3) is 0 Å². The fourth-order valence-corrected chi connectivity index (χ4v) is 9.24. The molecule has 2 aliphatic heterocycles. The molecule has 1 unspecified atom stereocenters. The molecule has 2 aromatic carbocycles. The maximum Gasteiger partial charge on any atom is 0.357 e. The third kappa shape index (κ3) is 4.81. The van der Waals surface area contributed by atoms with Crippen molar-refractivity contribution in [3.63, 3.8) is 0 Å². The highest BCUT2D eigenvalue weighted by Crippen LogP contribution is 2.51. The molecule has 0 bridgehead atoms. The van der Waals surface area contributed by atoms with Crippen molar-refractivity contribution in [2.75, 3.05) is 0 Å². The first-order valence-corrected chi connectivity index (χ1v) is 16.5. The molecule has 2 aliphatic rings. The molecule has 1 amide bonds. The first kappa shape index (κ1) is 28.4. The summed E-state index contributed by atoms with van der Waals surface area (Å²) in [7, 11) is 0.122. The van der Waals surface area contributed by atoms with E-state index in [1.807, 2.05) is 64.9 Å². The topological polar surface area (TPSA) is 72.9 Å². The monoisotopic (exact) mass is 551 g/mol. The number of ketones is 1. The summed E-state index contributed by atoms with van der Waals surface area (Å²) >= 11 is 0. The number of β-lactam (4-membered cyclic amide) rings is 1.